The van der Waals surface area contributed by atoms with E-state index in [9.17, 15) is 28.8 Å². The number of carbonyl (C=O) groups is 6. The van der Waals surface area contributed by atoms with E-state index in [-0.39, 0.29) is 62.4 Å². The van der Waals surface area contributed by atoms with Crippen LogP contribution in [0.15, 0.2) is 0 Å². The lowest BCUT2D eigenvalue weighted by atomic mass is 10.2. The fraction of sp³-hybridized carbons (Fsp3) is 0.727. The number of aliphatic carboxylic acids is 2. The molecule has 0 saturated carbocycles. The predicted molar refractivity (Wildman–Crippen MR) is 119 cm³/mol. The van der Waals surface area contributed by atoms with E-state index in [0.29, 0.717) is 39.3 Å². The number of hydrogen-bond donors (Lipinski definition) is 2. The molecule has 0 bridgehead atoms. The highest BCUT2D eigenvalue weighted by Crippen LogP contribution is 1.99. The first-order chi connectivity index (χ1) is 16.0. The average Bonchev–Trinajstić information content (AvgIpc) is 2.75. The summed E-state index contributed by atoms with van der Waals surface area (Å²) in [4.78, 5) is 62.7. The molecule has 0 aliphatic heterocycles. The van der Waals surface area contributed by atoms with Gasteiger partial charge < -0.3 is 29.2 Å². The van der Waals surface area contributed by atoms with Crippen LogP contribution in [0.5, 0.6) is 0 Å². The summed E-state index contributed by atoms with van der Waals surface area (Å²) in [5.74, 6) is -3.16. The van der Waals surface area contributed by atoms with Gasteiger partial charge in [-0.2, -0.15) is 0 Å². The first kappa shape index (κ1) is 35.4. The molecule has 0 aromatic rings. The van der Waals surface area contributed by atoms with Crippen molar-refractivity contribution < 1.29 is 57.9 Å². The molecule has 0 rings (SSSR count). The summed E-state index contributed by atoms with van der Waals surface area (Å²) in [5.41, 5.74) is 0. The molecule has 12 heteroatoms. The van der Waals surface area contributed by atoms with E-state index in [4.69, 9.17) is 10.2 Å². The molecule has 0 unspecified atom stereocenters. The normalized spacial score (nSPS) is 9.18. The lowest BCUT2D eigenvalue weighted by Crippen LogP contribution is -2.09. The predicted octanol–water partition coefficient (Wildman–Crippen LogP) is 2.50. The molecule has 34 heavy (non-hydrogen) atoms. The molecule has 12 nitrogen and oxygen atoms in total. The topological polar surface area (TPSA) is 180 Å². The molecule has 0 aromatic carbocycles. The van der Waals surface area contributed by atoms with Gasteiger partial charge in [-0.3, -0.25) is 28.8 Å². The molecule has 0 heterocycles. The van der Waals surface area contributed by atoms with E-state index in [1.807, 2.05) is 0 Å². The summed E-state index contributed by atoms with van der Waals surface area (Å²) in [6.07, 6.45) is 1.43. The van der Waals surface area contributed by atoms with Crippen molar-refractivity contribution >= 4 is 35.8 Å². The fourth-order valence-corrected chi connectivity index (χ4v) is 1.89. The molecule has 0 aliphatic rings. The van der Waals surface area contributed by atoms with E-state index >= 15 is 0 Å². The van der Waals surface area contributed by atoms with Gasteiger partial charge in [0.25, 0.3) is 0 Å². The second kappa shape index (κ2) is 26.1. The minimum Gasteiger partial charge on any atom is -0.481 e. The Bertz CT molecular complexity index is 513. The monoisotopic (exact) mass is 494 g/mol. The zero-order valence-electron chi connectivity index (χ0n) is 20.5. The third-order valence-electron chi connectivity index (χ3n) is 3.32. The van der Waals surface area contributed by atoms with Crippen molar-refractivity contribution in [3.63, 3.8) is 0 Å². The number of carboxylic acid groups (broad SMARTS) is 2. The van der Waals surface area contributed by atoms with E-state index < -0.39 is 11.9 Å². The molecule has 0 fully saturated rings. The molecule has 0 aromatic heterocycles. The second-order valence-electron chi connectivity index (χ2n) is 6.21. The summed E-state index contributed by atoms with van der Waals surface area (Å²) in [6.45, 7) is 8.29. The Kier molecular flexibility index (Phi) is 27.2. The van der Waals surface area contributed by atoms with E-state index in [1.165, 1.54) is 0 Å². The third kappa shape index (κ3) is 33.5. The number of hydrogen-bond acceptors (Lipinski definition) is 10. The largest absolute Gasteiger partial charge is 0.481 e. The van der Waals surface area contributed by atoms with Crippen LogP contribution in [0.1, 0.15) is 79.1 Å². The van der Waals surface area contributed by atoms with Gasteiger partial charge in [-0.1, -0.05) is 0 Å². The Hall–Kier alpha value is -3.18. The highest BCUT2D eigenvalue weighted by atomic mass is 16.5. The van der Waals surface area contributed by atoms with Gasteiger partial charge >= 0.3 is 35.8 Å². The van der Waals surface area contributed by atoms with Crippen molar-refractivity contribution in [2.45, 2.75) is 79.1 Å². The zero-order valence-corrected chi connectivity index (χ0v) is 20.5. The first-order valence-electron chi connectivity index (χ1n) is 11.1. The molecule has 0 saturated heterocycles. The van der Waals surface area contributed by atoms with Crippen LogP contribution in [0, 0.1) is 0 Å². The van der Waals surface area contributed by atoms with Crippen LogP contribution >= 0.6 is 0 Å². The van der Waals surface area contributed by atoms with E-state index in [2.05, 4.69) is 18.9 Å². The Balaban J connectivity index is -0.000000426. The van der Waals surface area contributed by atoms with Gasteiger partial charge in [0.2, 0.25) is 0 Å². The van der Waals surface area contributed by atoms with Crippen molar-refractivity contribution in [2.75, 3.05) is 26.4 Å². The maximum absolute atomic E-state index is 10.7. The van der Waals surface area contributed by atoms with Gasteiger partial charge in [-0.15, -0.1) is 0 Å². The molecule has 2 N–H and O–H groups in total. The number of esters is 4. The number of carboxylic acids is 2. The molecule has 0 spiro atoms. The van der Waals surface area contributed by atoms with Crippen LogP contribution < -0.4 is 0 Å². The second-order valence-corrected chi connectivity index (χ2v) is 6.21. The van der Waals surface area contributed by atoms with Gasteiger partial charge in [-0.05, 0) is 40.5 Å². The van der Waals surface area contributed by atoms with Crippen molar-refractivity contribution in [3.8, 4) is 0 Å². The molecule has 0 aliphatic carbocycles. The first-order valence-corrected chi connectivity index (χ1v) is 11.1. The lowest BCUT2D eigenvalue weighted by molar-refractivity contribution is -0.149. The zero-order chi connectivity index (χ0) is 26.8. The summed E-state index contributed by atoms with van der Waals surface area (Å²) in [5, 5.41) is 16.3. The SMILES string of the molecule is CCOC(=O)CCC(=O)OCC.CCOC(=O)CCC(=O)OCC.O=C(O)CCCCC(=O)O. The molecule has 0 amide bonds. The van der Waals surface area contributed by atoms with Crippen LogP contribution in [-0.2, 0) is 47.7 Å². The van der Waals surface area contributed by atoms with Crippen molar-refractivity contribution in [1.29, 1.82) is 0 Å². The van der Waals surface area contributed by atoms with Crippen molar-refractivity contribution in [3.05, 3.63) is 0 Å². The van der Waals surface area contributed by atoms with Crippen LogP contribution in [0.2, 0.25) is 0 Å². The Labute approximate surface area is 199 Å². The Morgan fingerprint density at radius 3 is 0.794 bits per heavy atom. The van der Waals surface area contributed by atoms with E-state index in [0.717, 1.165) is 0 Å². The van der Waals surface area contributed by atoms with E-state index in [1.54, 1.807) is 27.7 Å². The van der Waals surface area contributed by atoms with Crippen LogP contribution in [0.25, 0.3) is 0 Å². The highest BCUT2D eigenvalue weighted by molar-refractivity contribution is 5.78. The summed E-state index contributed by atoms with van der Waals surface area (Å²) in [7, 11) is 0. The van der Waals surface area contributed by atoms with Crippen molar-refractivity contribution in [2.24, 2.45) is 0 Å². The van der Waals surface area contributed by atoms with Gasteiger partial charge in [0, 0.05) is 12.8 Å². The standard InChI is InChI=1S/2C8H14O4.C6H10O4/c2*1-3-11-7(9)5-6-8(10)12-4-2;7-5(8)3-1-2-4-6(9)10/h2*3-6H2,1-2H3;1-4H2,(H,7,8)(H,9,10). The van der Waals surface area contributed by atoms with Crippen LogP contribution in [0.3, 0.4) is 0 Å². The quantitative estimate of drug-likeness (QED) is 0.193. The van der Waals surface area contributed by atoms with Crippen LogP contribution in [0.4, 0.5) is 0 Å². The number of carbonyl (C=O) groups excluding carboxylic acids is 4. The Morgan fingerprint density at radius 2 is 0.647 bits per heavy atom. The van der Waals surface area contributed by atoms with Gasteiger partial charge in [0.1, 0.15) is 0 Å². The van der Waals surface area contributed by atoms with Crippen LogP contribution in [-0.4, -0.2) is 72.5 Å². The molecular formula is C22H38O12. The number of ether oxygens (including phenoxy) is 4. The molecule has 0 radical (unpaired) electrons. The number of rotatable bonds is 15. The summed E-state index contributed by atoms with van der Waals surface area (Å²) in [6, 6.07) is 0. The molecule has 198 valence electrons. The molecule has 0 atom stereocenters. The molecular weight excluding hydrogens is 456 g/mol. The summed E-state index contributed by atoms with van der Waals surface area (Å²) >= 11 is 0. The maximum Gasteiger partial charge on any atom is 0.306 e. The lowest BCUT2D eigenvalue weighted by Gasteiger charge is -2.01. The van der Waals surface area contributed by atoms with Gasteiger partial charge in [0.05, 0.1) is 52.1 Å². The highest BCUT2D eigenvalue weighted by Gasteiger charge is 2.08. The minimum absolute atomic E-state index is 0.0628. The Morgan fingerprint density at radius 1 is 0.441 bits per heavy atom. The minimum atomic E-state index is -0.870. The smallest absolute Gasteiger partial charge is 0.306 e. The number of unbranched alkanes of at least 4 members (excludes halogenated alkanes) is 1. The third-order valence-corrected chi connectivity index (χ3v) is 3.32. The summed E-state index contributed by atoms with van der Waals surface area (Å²) < 4.78 is 18.5. The average molecular weight is 495 g/mol. The maximum atomic E-state index is 10.7. The van der Waals surface area contributed by atoms with Gasteiger partial charge in [-0.25, -0.2) is 0 Å². The fourth-order valence-electron chi connectivity index (χ4n) is 1.89. The van der Waals surface area contributed by atoms with Crippen molar-refractivity contribution in [1.82, 2.24) is 0 Å². The van der Waals surface area contributed by atoms with Gasteiger partial charge in [0.15, 0.2) is 0 Å².